The summed E-state index contributed by atoms with van der Waals surface area (Å²) < 4.78 is 0. The van der Waals surface area contributed by atoms with Crippen LogP contribution in [0.2, 0.25) is 0 Å². The third kappa shape index (κ3) is 2.66. The number of rotatable bonds is 4. The first-order chi connectivity index (χ1) is 12.1. The van der Waals surface area contributed by atoms with Gasteiger partial charge >= 0.3 is 0 Å². The van der Waals surface area contributed by atoms with Crippen LogP contribution in [-0.2, 0) is 11.2 Å². The summed E-state index contributed by atoms with van der Waals surface area (Å²) in [5.41, 5.74) is 3.32. The number of benzene rings is 1. The number of hydrogen-bond acceptors (Lipinski definition) is 2. The van der Waals surface area contributed by atoms with Gasteiger partial charge in [0.2, 0.25) is 5.91 Å². The van der Waals surface area contributed by atoms with Crippen molar-refractivity contribution in [1.29, 1.82) is 0 Å². The summed E-state index contributed by atoms with van der Waals surface area (Å²) in [4.78, 5) is 20.7. The summed E-state index contributed by atoms with van der Waals surface area (Å²) >= 11 is 0. The summed E-state index contributed by atoms with van der Waals surface area (Å²) in [6, 6.07) is 6.35. The molecule has 4 aliphatic carbocycles. The Labute approximate surface area is 148 Å². The number of carbonyl (C=O) groups is 1. The van der Waals surface area contributed by atoms with Crippen LogP contribution < -0.4 is 5.32 Å². The van der Waals surface area contributed by atoms with Crippen LogP contribution in [0.5, 0.6) is 0 Å². The van der Waals surface area contributed by atoms with Crippen LogP contribution in [-0.4, -0.2) is 22.4 Å². The van der Waals surface area contributed by atoms with Crippen molar-refractivity contribution in [2.45, 2.75) is 51.9 Å². The average molecular weight is 337 g/mol. The third-order valence-corrected chi connectivity index (χ3v) is 6.88. The first kappa shape index (κ1) is 15.4. The molecule has 1 amide bonds. The number of imidazole rings is 1. The highest BCUT2D eigenvalue weighted by Crippen LogP contribution is 2.60. The minimum Gasteiger partial charge on any atom is -0.355 e. The SMILES string of the molecule is Cc1nc2ccc(CCNC(=O)C34CC5CC(CC(C5)C3)C4)cc2[nH]1. The minimum absolute atomic E-state index is 0.0286. The fourth-order valence-electron chi connectivity index (χ4n) is 6.24. The lowest BCUT2D eigenvalue weighted by atomic mass is 9.49. The van der Waals surface area contributed by atoms with Crippen molar-refractivity contribution < 1.29 is 4.79 Å². The van der Waals surface area contributed by atoms with Crippen molar-refractivity contribution >= 4 is 16.9 Å². The number of amides is 1. The van der Waals surface area contributed by atoms with Crippen molar-refractivity contribution in [3.8, 4) is 0 Å². The van der Waals surface area contributed by atoms with Gasteiger partial charge in [-0.25, -0.2) is 4.98 Å². The zero-order valence-corrected chi connectivity index (χ0v) is 15.0. The number of aryl methyl sites for hydroxylation is 1. The fourth-order valence-corrected chi connectivity index (χ4v) is 6.24. The minimum atomic E-state index is -0.0286. The number of aromatic nitrogens is 2. The molecule has 6 rings (SSSR count). The highest BCUT2D eigenvalue weighted by atomic mass is 16.2. The van der Waals surface area contributed by atoms with Crippen LogP contribution in [0.25, 0.3) is 11.0 Å². The summed E-state index contributed by atoms with van der Waals surface area (Å²) in [5.74, 6) is 3.75. The van der Waals surface area contributed by atoms with Crippen LogP contribution >= 0.6 is 0 Å². The Hall–Kier alpha value is -1.84. The number of aromatic amines is 1. The summed E-state index contributed by atoms with van der Waals surface area (Å²) in [6.07, 6.45) is 8.47. The fraction of sp³-hybridized carbons (Fsp3) is 0.619. The first-order valence-electron chi connectivity index (χ1n) is 9.83. The molecule has 0 saturated heterocycles. The van der Waals surface area contributed by atoms with Gasteiger partial charge in [-0.15, -0.1) is 0 Å². The van der Waals surface area contributed by atoms with E-state index in [9.17, 15) is 4.79 Å². The second kappa shape index (κ2) is 5.58. The zero-order valence-electron chi connectivity index (χ0n) is 15.0. The number of nitrogens with zero attached hydrogens (tertiary/aromatic N) is 1. The van der Waals surface area contributed by atoms with Crippen molar-refractivity contribution in [3.63, 3.8) is 0 Å². The first-order valence-corrected chi connectivity index (χ1v) is 9.83. The molecule has 1 aromatic carbocycles. The van der Waals surface area contributed by atoms with E-state index in [0.29, 0.717) is 5.91 Å². The lowest BCUT2D eigenvalue weighted by molar-refractivity contribution is -0.146. The second-order valence-electron chi connectivity index (χ2n) is 8.88. The molecule has 2 aromatic rings. The molecule has 25 heavy (non-hydrogen) atoms. The van der Waals surface area contributed by atoms with E-state index < -0.39 is 0 Å². The molecule has 0 spiro atoms. The summed E-state index contributed by atoms with van der Waals surface area (Å²) in [6.45, 7) is 2.71. The Morgan fingerprint density at radius 3 is 2.56 bits per heavy atom. The number of nitrogens with one attached hydrogen (secondary N) is 2. The summed E-state index contributed by atoms with van der Waals surface area (Å²) in [7, 11) is 0. The highest BCUT2D eigenvalue weighted by molar-refractivity contribution is 5.83. The topological polar surface area (TPSA) is 57.8 Å². The van der Waals surface area contributed by atoms with Crippen LogP contribution in [0.1, 0.15) is 49.9 Å². The molecule has 0 aliphatic heterocycles. The molecule has 0 radical (unpaired) electrons. The molecule has 4 saturated carbocycles. The molecule has 0 atom stereocenters. The van der Waals surface area contributed by atoms with E-state index in [4.69, 9.17) is 0 Å². The molecule has 4 aliphatic rings. The van der Waals surface area contributed by atoms with Crippen LogP contribution in [0.15, 0.2) is 18.2 Å². The molecule has 1 aromatic heterocycles. The van der Waals surface area contributed by atoms with Gasteiger partial charge in [0.15, 0.2) is 0 Å². The van der Waals surface area contributed by atoms with E-state index in [1.807, 2.05) is 6.92 Å². The van der Waals surface area contributed by atoms with E-state index in [0.717, 1.165) is 66.8 Å². The standard InChI is InChI=1S/C21H27N3O/c1-13-23-18-3-2-14(9-19(18)24-13)4-5-22-20(25)21-10-15-6-16(11-21)8-17(7-15)12-21/h2-3,9,15-17H,4-8,10-12H2,1H3,(H,22,25)(H,23,24). The molecule has 0 unspecified atom stereocenters. The van der Waals surface area contributed by atoms with Gasteiger partial charge in [-0.05, 0) is 87.3 Å². The maximum Gasteiger partial charge on any atom is 0.226 e. The maximum absolute atomic E-state index is 13.0. The van der Waals surface area contributed by atoms with E-state index in [2.05, 4.69) is 33.5 Å². The van der Waals surface area contributed by atoms with E-state index in [1.54, 1.807) is 0 Å². The van der Waals surface area contributed by atoms with Gasteiger partial charge in [-0.3, -0.25) is 4.79 Å². The van der Waals surface area contributed by atoms with E-state index in [-0.39, 0.29) is 5.41 Å². The molecular formula is C21H27N3O. The Bertz CT molecular complexity index is 786. The number of fused-ring (bicyclic) bond motifs is 1. The molecule has 132 valence electrons. The summed E-state index contributed by atoms with van der Waals surface area (Å²) in [5, 5.41) is 3.28. The molecule has 4 fully saturated rings. The van der Waals surface area contributed by atoms with Crippen molar-refractivity contribution in [2.75, 3.05) is 6.54 Å². The Morgan fingerprint density at radius 1 is 1.20 bits per heavy atom. The van der Waals surface area contributed by atoms with Crippen molar-refractivity contribution in [2.24, 2.45) is 23.2 Å². The molecule has 4 bridgehead atoms. The largest absolute Gasteiger partial charge is 0.355 e. The van der Waals surface area contributed by atoms with Gasteiger partial charge in [0, 0.05) is 12.0 Å². The molecule has 2 N–H and O–H groups in total. The van der Waals surface area contributed by atoms with Gasteiger partial charge in [0.1, 0.15) is 5.82 Å². The maximum atomic E-state index is 13.0. The van der Waals surface area contributed by atoms with Crippen LogP contribution in [0, 0.1) is 30.1 Å². The lowest BCUT2D eigenvalue weighted by Gasteiger charge is -2.55. The Balaban J connectivity index is 1.23. The van der Waals surface area contributed by atoms with Crippen molar-refractivity contribution in [1.82, 2.24) is 15.3 Å². The third-order valence-electron chi connectivity index (χ3n) is 6.88. The smallest absolute Gasteiger partial charge is 0.226 e. The monoisotopic (exact) mass is 337 g/mol. The quantitative estimate of drug-likeness (QED) is 0.893. The Kier molecular flexibility index (Phi) is 3.44. The second-order valence-corrected chi connectivity index (χ2v) is 8.88. The predicted molar refractivity (Wildman–Crippen MR) is 98.1 cm³/mol. The zero-order chi connectivity index (χ0) is 17.0. The van der Waals surface area contributed by atoms with Crippen LogP contribution in [0.4, 0.5) is 0 Å². The lowest BCUT2D eigenvalue weighted by Crippen LogP contribution is -2.53. The predicted octanol–water partition coefficient (Wildman–Crippen LogP) is 3.75. The number of carbonyl (C=O) groups excluding carboxylic acids is 1. The molecule has 1 heterocycles. The van der Waals surface area contributed by atoms with Crippen molar-refractivity contribution in [3.05, 3.63) is 29.6 Å². The Morgan fingerprint density at radius 2 is 1.88 bits per heavy atom. The molecule has 4 nitrogen and oxygen atoms in total. The average Bonchev–Trinajstić information content (AvgIpc) is 2.93. The molecular weight excluding hydrogens is 310 g/mol. The number of hydrogen-bond donors (Lipinski definition) is 2. The van der Waals surface area contributed by atoms with Crippen LogP contribution in [0.3, 0.4) is 0 Å². The van der Waals surface area contributed by atoms with Gasteiger partial charge in [-0.1, -0.05) is 6.07 Å². The number of H-pyrrole nitrogens is 1. The highest BCUT2D eigenvalue weighted by Gasteiger charge is 2.54. The molecule has 4 heteroatoms. The van der Waals surface area contributed by atoms with Gasteiger partial charge < -0.3 is 10.3 Å². The van der Waals surface area contributed by atoms with Gasteiger partial charge in [0.25, 0.3) is 0 Å². The normalized spacial score (nSPS) is 33.1. The van der Waals surface area contributed by atoms with Gasteiger partial charge in [-0.2, -0.15) is 0 Å². The van der Waals surface area contributed by atoms with E-state index >= 15 is 0 Å². The van der Waals surface area contributed by atoms with E-state index in [1.165, 1.54) is 24.8 Å². The van der Waals surface area contributed by atoms with Gasteiger partial charge in [0.05, 0.1) is 11.0 Å².